The molecule has 0 aliphatic heterocycles. The molecule has 5 nitrogen and oxygen atoms in total. The molecule has 0 spiro atoms. The molecule has 2 rings (SSSR count). The Hall–Kier alpha value is -2.40. The van der Waals surface area contributed by atoms with Crippen molar-refractivity contribution in [3.63, 3.8) is 0 Å². The molecule has 1 aromatic carbocycles. The van der Waals surface area contributed by atoms with Crippen LogP contribution < -0.4 is 16.0 Å². The summed E-state index contributed by atoms with van der Waals surface area (Å²) in [5, 5.41) is 0. The number of aromatic nitrogens is 1. The lowest BCUT2D eigenvalue weighted by atomic mass is 10.1. The van der Waals surface area contributed by atoms with Crippen molar-refractivity contribution in [2.24, 2.45) is 5.84 Å². The van der Waals surface area contributed by atoms with Gasteiger partial charge < -0.3 is 4.74 Å². The van der Waals surface area contributed by atoms with Crippen molar-refractivity contribution in [2.75, 3.05) is 6.61 Å². The smallest absolute Gasteiger partial charge is 0.265 e. The fourth-order valence-corrected chi connectivity index (χ4v) is 1.70. The van der Waals surface area contributed by atoms with Crippen LogP contribution in [0.3, 0.4) is 0 Å². The van der Waals surface area contributed by atoms with E-state index in [4.69, 9.17) is 10.6 Å². The average molecular weight is 257 g/mol. The summed E-state index contributed by atoms with van der Waals surface area (Å²) < 4.78 is 5.38. The van der Waals surface area contributed by atoms with Crippen molar-refractivity contribution in [1.82, 2.24) is 10.4 Å². The van der Waals surface area contributed by atoms with Gasteiger partial charge in [0.15, 0.2) is 0 Å². The number of nitrogens with zero attached hydrogens (tertiary/aromatic N) is 1. The van der Waals surface area contributed by atoms with E-state index in [1.54, 1.807) is 18.3 Å². The van der Waals surface area contributed by atoms with Gasteiger partial charge in [-0.05, 0) is 43.3 Å². The molecule has 5 heteroatoms. The van der Waals surface area contributed by atoms with Gasteiger partial charge in [-0.25, -0.2) is 5.84 Å². The highest BCUT2D eigenvalue weighted by atomic mass is 16.5. The first-order chi connectivity index (χ1) is 9.24. The number of hydrogen-bond donors (Lipinski definition) is 2. The fourth-order valence-electron chi connectivity index (χ4n) is 1.70. The summed E-state index contributed by atoms with van der Waals surface area (Å²) in [6.45, 7) is 2.56. The summed E-state index contributed by atoms with van der Waals surface area (Å²) in [6.07, 6.45) is 1.58. The van der Waals surface area contributed by atoms with Gasteiger partial charge in [0.2, 0.25) is 0 Å². The van der Waals surface area contributed by atoms with Crippen molar-refractivity contribution >= 4 is 5.91 Å². The number of benzene rings is 1. The Labute approximate surface area is 111 Å². The van der Waals surface area contributed by atoms with Crippen molar-refractivity contribution in [3.8, 4) is 17.0 Å². The van der Waals surface area contributed by atoms with E-state index in [0.717, 1.165) is 11.3 Å². The highest BCUT2D eigenvalue weighted by Gasteiger charge is 2.06. The van der Waals surface area contributed by atoms with Gasteiger partial charge in [0, 0.05) is 17.3 Å². The zero-order valence-corrected chi connectivity index (χ0v) is 10.6. The number of hydrazine groups is 1. The fraction of sp³-hybridized carbons (Fsp3) is 0.143. The van der Waals surface area contributed by atoms with Crippen LogP contribution in [0.5, 0.6) is 5.75 Å². The highest BCUT2D eigenvalue weighted by molar-refractivity contribution is 5.94. The largest absolute Gasteiger partial charge is 0.494 e. The SMILES string of the molecule is CCOc1ccc(-c2cc(C(=O)NN)ccn2)cc1. The number of nitrogen functional groups attached to an aromatic ring is 1. The molecular weight excluding hydrogens is 242 g/mol. The third kappa shape index (κ3) is 3.08. The van der Waals surface area contributed by atoms with E-state index in [1.165, 1.54) is 0 Å². The van der Waals surface area contributed by atoms with E-state index < -0.39 is 0 Å². The number of nitrogens with two attached hydrogens (primary N) is 1. The minimum Gasteiger partial charge on any atom is -0.494 e. The normalized spacial score (nSPS) is 10.0. The summed E-state index contributed by atoms with van der Waals surface area (Å²) >= 11 is 0. The number of carbonyl (C=O) groups is 1. The maximum atomic E-state index is 11.5. The van der Waals surface area contributed by atoms with Crippen molar-refractivity contribution in [2.45, 2.75) is 6.92 Å². The van der Waals surface area contributed by atoms with Crippen LogP contribution in [-0.2, 0) is 0 Å². The Bertz CT molecular complexity index is 567. The maximum absolute atomic E-state index is 11.5. The molecule has 3 N–H and O–H groups in total. The van der Waals surface area contributed by atoms with Crippen molar-refractivity contribution in [3.05, 3.63) is 48.2 Å². The van der Waals surface area contributed by atoms with Crippen LogP contribution in [0.4, 0.5) is 0 Å². The standard InChI is InChI=1S/C14H15N3O2/c1-2-19-12-5-3-10(4-6-12)13-9-11(7-8-16-13)14(18)17-15/h3-9H,2,15H2,1H3,(H,17,18). The lowest BCUT2D eigenvalue weighted by Crippen LogP contribution is -2.29. The summed E-state index contributed by atoms with van der Waals surface area (Å²) in [4.78, 5) is 15.7. The molecule has 2 aromatic rings. The third-order valence-corrected chi connectivity index (χ3v) is 2.61. The monoisotopic (exact) mass is 257 g/mol. The molecule has 0 atom stereocenters. The van der Waals surface area contributed by atoms with Crippen LogP contribution >= 0.6 is 0 Å². The number of pyridine rings is 1. The first-order valence-electron chi connectivity index (χ1n) is 5.95. The molecule has 0 bridgehead atoms. The number of hydrogen-bond acceptors (Lipinski definition) is 4. The second kappa shape index (κ2) is 5.97. The molecule has 0 aliphatic rings. The van der Waals surface area contributed by atoms with Gasteiger partial charge in [-0.15, -0.1) is 0 Å². The molecule has 0 saturated heterocycles. The van der Waals surface area contributed by atoms with Crippen molar-refractivity contribution < 1.29 is 9.53 Å². The van der Waals surface area contributed by atoms with Crippen molar-refractivity contribution in [1.29, 1.82) is 0 Å². The van der Waals surface area contributed by atoms with Gasteiger partial charge in [-0.3, -0.25) is 15.2 Å². The molecule has 0 fully saturated rings. The Kier molecular flexibility index (Phi) is 4.10. The highest BCUT2D eigenvalue weighted by Crippen LogP contribution is 2.21. The van der Waals surface area contributed by atoms with E-state index in [0.29, 0.717) is 17.9 Å². The molecule has 98 valence electrons. The van der Waals surface area contributed by atoms with Gasteiger partial charge in [-0.1, -0.05) is 0 Å². The molecule has 1 aromatic heterocycles. The molecule has 0 saturated carbocycles. The van der Waals surface area contributed by atoms with Gasteiger partial charge in [0.25, 0.3) is 5.91 Å². The zero-order valence-electron chi connectivity index (χ0n) is 10.6. The zero-order chi connectivity index (χ0) is 13.7. The molecular formula is C14H15N3O2. The Morgan fingerprint density at radius 1 is 1.32 bits per heavy atom. The van der Waals surface area contributed by atoms with Gasteiger partial charge in [-0.2, -0.15) is 0 Å². The molecule has 1 heterocycles. The Morgan fingerprint density at radius 2 is 2.05 bits per heavy atom. The summed E-state index contributed by atoms with van der Waals surface area (Å²) in [5.41, 5.74) is 4.20. The lowest BCUT2D eigenvalue weighted by molar-refractivity contribution is 0.0953. The van der Waals surface area contributed by atoms with E-state index in [1.807, 2.05) is 31.2 Å². The number of carbonyl (C=O) groups excluding carboxylic acids is 1. The van der Waals surface area contributed by atoms with Crippen LogP contribution in [0, 0.1) is 0 Å². The van der Waals surface area contributed by atoms with E-state index in [9.17, 15) is 4.79 Å². The summed E-state index contributed by atoms with van der Waals surface area (Å²) in [7, 11) is 0. The Morgan fingerprint density at radius 3 is 2.68 bits per heavy atom. The van der Waals surface area contributed by atoms with Gasteiger partial charge in [0.1, 0.15) is 5.75 Å². The van der Waals surface area contributed by atoms with Crippen LogP contribution in [-0.4, -0.2) is 17.5 Å². The third-order valence-electron chi connectivity index (χ3n) is 2.61. The number of rotatable bonds is 4. The predicted octanol–water partition coefficient (Wildman–Crippen LogP) is 1.75. The van der Waals surface area contributed by atoms with Gasteiger partial charge >= 0.3 is 0 Å². The first kappa shape index (κ1) is 13.0. The van der Waals surface area contributed by atoms with Crippen LogP contribution in [0.1, 0.15) is 17.3 Å². The number of amides is 1. The minimum atomic E-state index is -0.338. The number of ether oxygens (including phenoxy) is 1. The van der Waals surface area contributed by atoms with E-state index >= 15 is 0 Å². The van der Waals surface area contributed by atoms with E-state index in [2.05, 4.69) is 10.4 Å². The second-order valence-corrected chi connectivity index (χ2v) is 3.86. The van der Waals surface area contributed by atoms with Gasteiger partial charge in [0.05, 0.1) is 12.3 Å². The summed E-state index contributed by atoms with van der Waals surface area (Å²) in [6, 6.07) is 10.8. The Balaban J connectivity index is 2.28. The van der Waals surface area contributed by atoms with Crippen LogP contribution in [0.25, 0.3) is 11.3 Å². The van der Waals surface area contributed by atoms with Crippen LogP contribution in [0.15, 0.2) is 42.6 Å². The molecule has 1 amide bonds. The topological polar surface area (TPSA) is 77.2 Å². The first-order valence-corrected chi connectivity index (χ1v) is 5.95. The molecule has 0 aliphatic carbocycles. The average Bonchev–Trinajstić information content (AvgIpc) is 2.48. The second-order valence-electron chi connectivity index (χ2n) is 3.86. The quantitative estimate of drug-likeness (QED) is 0.497. The minimum absolute atomic E-state index is 0.338. The number of nitrogens with one attached hydrogen (secondary N) is 1. The molecule has 19 heavy (non-hydrogen) atoms. The maximum Gasteiger partial charge on any atom is 0.265 e. The van der Waals surface area contributed by atoms with E-state index in [-0.39, 0.29) is 5.91 Å². The lowest BCUT2D eigenvalue weighted by Gasteiger charge is -2.06. The summed E-state index contributed by atoms with van der Waals surface area (Å²) in [5.74, 6) is 5.58. The molecule has 0 unspecified atom stereocenters. The van der Waals surface area contributed by atoms with Crippen LogP contribution in [0.2, 0.25) is 0 Å². The predicted molar refractivity (Wildman–Crippen MR) is 72.5 cm³/mol. The molecule has 0 radical (unpaired) electrons.